The van der Waals surface area contributed by atoms with E-state index in [-0.39, 0.29) is 5.96 Å². The number of nitrogens with two attached hydrogens (primary N) is 2. The van der Waals surface area contributed by atoms with Gasteiger partial charge in [0.2, 0.25) is 0 Å². The molecule has 0 aromatic heterocycles. The Morgan fingerprint density at radius 1 is 1.29 bits per heavy atom. The number of guanidine groups is 1. The number of hydrogen-bond donors (Lipinski definition) is 3. The number of hydrogen-bond acceptors (Lipinski definition) is 0. The molecule has 0 aliphatic heterocycles. The molecule has 0 fully saturated rings. The predicted molar refractivity (Wildman–Crippen MR) is 59.4 cm³/mol. The molecular weight excluding hydrogens is 221 g/mol. The van der Waals surface area contributed by atoms with Gasteiger partial charge in [0.05, 0.1) is 6.54 Å². The highest BCUT2D eigenvalue weighted by atomic mass is 35.5. The van der Waals surface area contributed by atoms with Crippen LogP contribution in [0.3, 0.4) is 0 Å². The van der Waals surface area contributed by atoms with E-state index in [9.17, 15) is 0 Å². The molecule has 0 spiro atoms. The van der Waals surface area contributed by atoms with E-state index in [1.54, 1.807) is 12.1 Å². The lowest BCUT2D eigenvalue weighted by Gasteiger charge is -2.01. The molecule has 14 heavy (non-hydrogen) atoms. The Bertz CT molecular complexity index is 346. The van der Waals surface area contributed by atoms with Crippen LogP contribution >= 0.6 is 23.2 Å². The number of benzene rings is 1. The van der Waals surface area contributed by atoms with Gasteiger partial charge in [-0.25, -0.2) is 0 Å². The molecule has 76 valence electrons. The largest absolute Gasteiger partial charge is 0.338 e. The summed E-state index contributed by atoms with van der Waals surface area (Å²) in [6.45, 7) is 0.656. The van der Waals surface area contributed by atoms with E-state index in [0.29, 0.717) is 16.6 Å². The molecule has 1 aromatic carbocycles. The Hall–Kier alpha value is -0.930. The molecule has 0 radical (unpaired) electrons. The number of rotatable bonds is 3. The Morgan fingerprint density at radius 3 is 2.57 bits per heavy atom. The zero-order valence-electron chi connectivity index (χ0n) is 7.56. The van der Waals surface area contributed by atoms with Crippen molar-refractivity contribution in [1.29, 1.82) is 0 Å². The fourth-order valence-corrected chi connectivity index (χ4v) is 1.57. The van der Waals surface area contributed by atoms with E-state index in [1.165, 1.54) is 0 Å². The molecule has 0 heterocycles. The topological polar surface area (TPSA) is 66.0 Å². The van der Waals surface area contributed by atoms with E-state index >= 15 is 0 Å². The summed E-state index contributed by atoms with van der Waals surface area (Å²) in [5.41, 5.74) is 11.5. The average Bonchev–Trinajstić information content (AvgIpc) is 2.08. The molecule has 0 bridgehead atoms. The first-order valence-electron chi connectivity index (χ1n) is 4.15. The summed E-state index contributed by atoms with van der Waals surface area (Å²) in [6, 6.07) is 5.41. The molecule has 5 N–H and O–H groups in total. The highest BCUT2D eigenvalue weighted by Gasteiger charge is 2.00. The quantitative estimate of drug-likeness (QED) is 0.503. The van der Waals surface area contributed by atoms with Crippen LogP contribution in [0.1, 0.15) is 5.56 Å². The van der Waals surface area contributed by atoms with Crippen molar-refractivity contribution in [2.45, 2.75) is 6.42 Å². The highest BCUT2D eigenvalue weighted by molar-refractivity contribution is 6.35. The molecule has 1 aromatic rings. The van der Waals surface area contributed by atoms with Crippen molar-refractivity contribution in [2.24, 2.45) is 11.5 Å². The van der Waals surface area contributed by atoms with Gasteiger partial charge in [-0.1, -0.05) is 29.3 Å². The first-order chi connectivity index (χ1) is 6.59. The fraction of sp³-hybridized carbons (Fsp3) is 0.222. The van der Waals surface area contributed by atoms with Crippen LogP contribution < -0.4 is 16.5 Å². The van der Waals surface area contributed by atoms with Crippen molar-refractivity contribution >= 4 is 29.2 Å². The molecule has 0 unspecified atom stereocenters. The van der Waals surface area contributed by atoms with Gasteiger partial charge in [-0.3, -0.25) is 16.5 Å². The minimum atomic E-state index is 0.218. The summed E-state index contributed by atoms with van der Waals surface area (Å²) in [4.78, 5) is 2.82. The summed E-state index contributed by atoms with van der Waals surface area (Å²) >= 11 is 11.7. The second-order valence-electron chi connectivity index (χ2n) is 2.87. The van der Waals surface area contributed by atoms with Crippen LogP contribution in [0.25, 0.3) is 0 Å². The third-order valence-electron chi connectivity index (χ3n) is 1.74. The summed E-state index contributed by atoms with van der Waals surface area (Å²) in [7, 11) is 0. The van der Waals surface area contributed by atoms with Gasteiger partial charge in [0.1, 0.15) is 0 Å². The lowest BCUT2D eigenvalue weighted by Crippen LogP contribution is -2.78. The third kappa shape index (κ3) is 3.44. The number of halogens is 2. The van der Waals surface area contributed by atoms with Crippen molar-refractivity contribution in [3.63, 3.8) is 0 Å². The molecular formula is C9H12Cl2N3+. The van der Waals surface area contributed by atoms with E-state index in [0.717, 1.165) is 12.0 Å². The second kappa shape index (κ2) is 5.08. The van der Waals surface area contributed by atoms with Crippen LogP contribution in [0, 0.1) is 0 Å². The lowest BCUT2D eigenvalue weighted by molar-refractivity contribution is -0.458. The maximum Gasteiger partial charge on any atom is 0.338 e. The minimum absolute atomic E-state index is 0.218. The molecule has 0 aliphatic rings. The van der Waals surface area contributed by atoms with Crippen LogP contribution in [-0.4, -0.2) is 12.5 Å². The zero-order valence-corrected chi connectivity index (χ0v) is 9.07. The van der Waals surface area contributed by atoms with E-state index in [4.69, 9.17) is 34.7 Å². The predicted octanol–water partition coefficient (Wildman–Crippen LogP) is -0.110. The van der Waals surface area contributed by atoms with Crippen LogP contribution in [0.5, 0.6) is 0 Å². The fourth-order valence-electron chi connectivity index (χ4n) is 1.07. The normalized spacial score (nSPS) is 9.86. The Kier molecular flexibility index (Phi) is 4.04. The van der Waals surface area contributed by atoms with Crippen molar-refractivity contribution in [2.75, 3.05) is 6.54 Å². The van der Waals surface area contributed by atoms with Crippen LogP contribution in [0.4, 0.5) is 0 Å². The molecule has 1 rings (SSSR count). The average molecular weight is 233 g/mol. The van der Waals surface area contributed by atoms with Crippen molar-refractivity contribution in [3.8, 4) is 0 Å². The van der Waals surface area contributed by atoms with Crippen LogP contribution in [-0.2, 0) is 6.42 Å². The van der Waals surface area contributed by atoms with Crippen molar-refractivity contribution < 1.29 is 4.99 Å². The van der Waals surface area contributed by atoms with Gasteiger partial charge in [0.25, 0.3) is 0 Å². The minimum Gasteiger partial charge on any atom is -0.291 e. The van der Waals surface area contributed by atoms with Crippen LogP contribution in [0.2, 0.25) is 10.0 Å². The van der Waals surface area contributed by atoms with Crippen molar-refractivity contribution in [1.82, 2.24) is 0 Å². The van der Waals surface area contributed by atoms with Gasteiger partial charge >= 0.3 is 5.96 Å². The summed E-state index contributed by atoms with van der Waals surface area (Å²) in [5, 5.41) is 1.30. The van der Waals surface area contributed by atoms with Crippen molar-refractivity contribution in [3.05, 3.63) is 33.8 Å². The molecule has 0 amide bonds. The first kappa shape index (κ1) is 11.1. The molecule has 0 saturated heterocycles. The molecule has 5 heteroatoms. The highest BCUT2D eigenvalue weighted by Crippen LogP contribution is 2.20. The zero-order chi connectivity index (χ0) is 10.6. The molecule has 3 nitrogen and oxygen atoms in total. The first-order valence-corrected chi connectivity index (χ1v) is 4.91. The van der Waals surface area contributed by atoms with Gasteiger partial charge in [0, 0.05) is 16.5 Å². The molecule has 0 saturated carbocycles. The monoisotopic (exact) mass is 232 g/mol. The van der Waals surface area contributed by atoms with Gasteiger partial charge in [-0.15, -0.1) is 0 Å². The van der Waals surface area contributed by atoms with E-state index in [1.807, 2.05) is 6.07 Å². The maximum atomic E-state index is 5.96. The smallest absolute Gasteiger partial charge is 0.291 e. The van der Waals surface area contributed by atoms with Gasteiger partial charge < -0.3 is 0 Å². The van der Waals surface area contributed by atoms with Crippen LogP contribution in [0.15, 0.2) is 18.2 Å². The Labute approximate surface area is 92.7 Å². The molecule has 0 atom stereocenters. The van der Waals surface area contributed by atoms with Gasteiger partial charge in [0.15, 0.2) is 0 Å². The summed E-state index contributed by atoms with van der Waals surface area (Å²) in [6.07, 6.45) is 0.758. The van der Waals surface area contributed by atoms with E-state index < -0.39 is 0 Å². The lowest BCUT2D eigenvalue weighted by atomic mass is 10.1. The summed E-state index contributed by atoms with van der Waals surface area (Å²) in [5.74, 6) is 0.218. The maximum absolute atomic E-state index is 5.96. The third-order valence-corrected chi connectivity index (χ3v) is 2.33. The summed E-state index contributed by atoms with van der Waals surface area (Å²) < 4.78 is 0. The SMILES string of the molecule is NC(N)=[NH+]CCc1ccc(Cl)cc1Cl. The van der Waals surface area contributed by atoms with E-state index in [2.05, 4.69) is 4.99 Å². The van der Waals surface area contributed by atoms with Gasteiger partial charge in [-0.2, -0.15) is 0 Å². The molecule has 0 aliphatic carbocycles. The van der Waals surface area contributed by atoms with Gasteiger partial charge in [-0.05, 0) is 17.7 Å². The standard InChI is InChI=1S/C9H11Cl2N3/c10-7-2-1-6(8(11)5-7)3-4-14-9(12)13/h1-2,5H,3-4H2,(H4,12,13,14)/p+1. The number of nitrogens with one attached hydrogen (secondary N) is 1. The second-order valence-corrected chi connectivity index (χ2v) is 3.71. The Morgan fingerprint density at radius 2 is 2.00 bits per heavy atom. The Balaban J connectivity index is 2.64.